The number of hydrogen-bond acceptors (Lipinski definition) is 5. The summed E-state index contributed by atoms with van der Waals surface area (Å²) in [7, 11) is 2.92. The molecular formula is C27H23Cl2NO5. The lowest BCUT2D eigenvalue weighted by Crippen LogP contribution is -2.29. The second-order valence-electron chi connectivity index (χ2n) is 7.90. The molecule has 35 heavy (non-hydrogen) atoms. The van der Waals surface area contributed by atoms with Crippen molar-refractivity contribution in [1.82, 2.24) is 0 Å². The summed E-state index contributed by atoms with van der Waals surface area (Å²) >= 11 is 12.6. The highest BCUT2D eigenvalue weighted by Crippen LogP contribution is 2.46. The van der Waals surface area contributed by atoms with E-state index in [1.807, 2.05) is 19.1 Å². The van der Waals surface area contributed by atoms with Gasteiger partial charge in [-0.25, -0.2) is 0 Å². The number of para-hydroxylation sites is 1. The average molecular weight is 512 g/mol. The van der Waals surface area contributed by atoms with Gasteiger partial charge in [0, 0.05) is 16.8 Å². The molecule has 1 aliphatic heterocycles. The molecule has 3 aromatic rings. The largest absolute Gasteiger partial charge is 0.507 e. The van der Waals surface area contributed by atoms with Crippen LogP contribution in [0.25, 0.3) is 5.76 Å². The summed E-state index contributed by atoms with van der Waals surface area (Å²) in [6, 6.07) is 16.3. The van der Waals surface area contributed by atoms with Gasteiger partial charge in [-0.2, -0.15) is 0 Å². The predicted octanol–water partition coefficient (Wildman–Crippen LogP) is 6.20. The van der Waals surface area contributed by atoms with E-state index in [-0.39, 0.29) is 26.9 Å². The van der Waals surface area contributed by atoms with Gasteiger partial charge in [0.1, 0.15) is 11.5 Å². The van der Waals surface area contributed by atoms with Crippen LogP contribution < -0.4 is 14.4 Å². The lowest BCUT2D eigenvalue weighted by molar-refractivity contribution is -0.132. The Morgan fingerprint density at radius 2 is 1.60 bits per heavy atom. The first kappa shape index (κ1) is 24.6. The van der Waals surface area contributed by atoms with E-state index in [1.54, 1.807) is 36.4 Å². The first-order chi connectivity index (χ1) is 16.8. The number of carbonyl (C=O) groups is 2. The standard InChI is InChI=1S/C27H23Cl2NO5/c1-4-15-9-11-17(12-10-15)30-23(18-7-5-6-8-21(18)34-2)22(25(32)27(30)33)24(31)16-13-19(28)26(35-3)20(29)14-16/h5-14,23,31H,4H2,1-3H3/b24-22+. The number of rotatable bonds is 6. The highest BCUT2D eigenvalue weighted by atomic mass is 35.5. The maximum atomic E-state index is 13.4. The number of ether oxygens (including phenoxy) is 2. The number of halogens is 2. The number of Topliss-reactive ketones (excluding diaryl/α,β-unsaturated/α-hetero) is 1. The highest BCUT2D eigenvalue weighted by Gasteiger charge is 2.48. The lowest BCUT2D eigenvalue weighted by Gasteiger charge is -2.27. The van der Waals surface area contributed by atoms with Gasteiger partial charge in [0.15, 0.2) is 5.75 Å². The minimum Gasteiger partial charge on any atom is -0.507 e. The third kappa shape index (κ3) is 4.35. The molecule has 1 unspecified atom stereocenters. The molecule has 4 rings (SSSR count). The van der Waals surface area contributed by atoms with Crippen LogP contribution in [-0.2, 0) is 16.0 Å². The van der Waals surface area contributed by atoms with Gasteiger partial charge in [-0.1, -0.05) is 60.5 Å². The maximum absolute atomic E-state index is 13.4. The molecule has 1 saturated heterocycles. The molecular weight excluding hydrogens is 489 g/mol. The van der Waals surface area contributed by atoms with Crippen LogP contribution in [0.2, 0.25) is 10.0 Å². The lowest BCUT2D eigenvalue weighted by atomic mass is 9.94. The van der Waals surface area contributed by atoms with Crippen molar-refractivity contribution in [3.8, 4) is 11.5 Å². The number of aliphatic hydroxyl groups is 1. The second kappa shape index (κ2) is 10.0. The normalized spacial score (nSPS) is 17.1. The molecule has 0 bridgehead atoms. The Kier molecular flexibility index (Phi) is 7.05. The fraction of sp³-hybridized carbons (Fsp3) is 0.185. The monoisotopic (exact) mass is 511 g/mol. The molecule has 1 heterocycles. The van der Waals surface area contributed by atoms with Crippen LogP contribution >= 0.6 is 23.2 Å². The smallest absolute Gasteiger partial charge is 0.300 e. The molecule has 1 amide bonds. The van der Waals surface area contributed by atoms with Gasteiger partial charge in [0.2, 0.25) is 0 Å². The zero-order valence-corrected chi connectivity index (χ0v) is 20.9. The average Bonchev–Trinajstić information content (AvgIpc) is 3.13. The van der Waals surface area contributed by atoms with Gasteiger partial charge in [0.05, 0.1) is 35.9 Å². The highest BCUT2D eigenvalue weighted by molar-refractivity contribution is 6.52. The van der Waals surface area contributed by atoms with Gasteiger partial charge < -0.3 is 14.6 Å². The van der Waals surface area contributed by atoms with E-state index in [1.165, 1.54) is 31.3 Å². The first-order valence-electron chi connectivity index (χ1n) is 10.9. The van der Waals surface area contributed by atoms with Crippen molar-refractivity contribution in [1.29, 1.82) is 0 Å². The molecule has 3 aromatic carbocycles. The van der Waals surface area contributed by atoms with Gasteiger partial charge in [-0.15, -0.1) is 0 Å². The van der Waals surface area contributed by atoms with Crippen LogP contribution in [0.1, 0.15) is 29.7 Å². The minimum absolute atomic E-state index is 0.101. The van der Waals surface area contributed by atoms with E-state index >= 15 is 0 Å². The Bertz CT molecular complexity index is 1310. The Labute approximate surface area is 213 Å². The zero-order valence-electron chi connectivity index (χ0n) is 19.3. The van der Waals surface area contributed by atoms with Crippen LogP contribution in [0, 0.1) is 0 Å². The summed E-state index contributed by atoms with van der Waals surface area (Å²) in [6.45, 7) is 2.03. The van der Waals surface area contributed by atoms with Crippen LogP contribution in [0.15, 0.2) is 66.2 Å². The van der Waals surface area contributed by atoms with Crippen molar-refractivity contribution in [2.75, 3.05) is 19.1 Å². The van der Waals surface area contributed by atoms with Gasteiger partial charge in [-0.05, 0) is 42.3 Å². The molecule has 0 radical (unpaired) electrons. The van der Waals surface area contributed by atoms with Gasteiger partial charge in [0.25, 0.3) is 11.7 Å². The molecule has 1 atom stereocenters. The summed E-state index contributed by atoms with van der Waals surface area (Å²) < 4.78 is 10.7. The van der Waals surface area contributed by atoms with Crippen LogP contribution in [0.5, 0.6) is 11.5 Å². The SMILES string of the molecule is CCc1ccc(N2C(=O)C(=O)/C(=C(/O)c3cc(Cl)c(OC)c(Cl)c3)C2c2ccccc2OC)cc1. The number of aryl methyl sites for hydroxylation is 1. The van der Waals surface area contributed by atoms with Crippen molar-refractivity contribution in [3.05, 3.63) is 93.0 Å². The molecule has 8 heteroatoms. The molecule has 1 aliphatic rings. The van der Waals surface area contributed by atoms with Crippen molar-refractivity contribution >= 4 is 46.3 Å². The second-order valence-corrected chi connectivity index (χ2v) is 8.72. The number of benzene rings is 3. The number of methoxy groups -OCH3 is 2. The molecule has 0 spiro atoms. The van der Waals surface area contributed by atoms with Crippen molar-refractivity contribution < 1.29 is 24.2 Å². The number of ketones is 1. The summed E-state index contributed by atoms with van der Waals surface area (Å²) in [5.41, 5.74) is 2.23. The Hall–Kier alpha value is -3.48. The molecule has 180 valence electrons. The van der Waals surface area contributed by atoms with Gasteiger partial charge >= 0.3 is 0 Å². The minimum atomic E-state index is -0.946. The number of carbonyl (C=O) groups excluding carboxylic acids is 2. The molecule has 1 N–H and O–H groups in total. The van der Waals surface area contributed by atoms with E-state index in [4.69, 9.17) is 32.7 Å². The quantitative estimate of drug-likeness (QED) is 0.242. The molecule has 0 aromatic heterocycles. The number of nitrogens with zero attached hydrogens (tertiary/aromatic N) is 1. The third-order valence-electron chi connectivity index (χ3n) is 5.98. The van der Waals surface area contributed by atoms with Crippen LogP contribution in [0.4, 0.5) is 5.69 Å². The van der Waals surface area contributed by atoms with Gasteiger partial charge in [-0.3, -0.25) is 14.5 Å². The van der Waals surface area contributed by atoms with E-state index < -0.39 is 23.5 Å². The fourth-order valence-corrected chi connectivity index (χ4v) is 4.87. The predicted molar refractivity (Wildman–Crippen MR) is 137 cm³/mol. The first-order valence-corrected chi connectivity index (χ1v) is 11.6. The van der Waals surface area contributed by atoms with E-state index in [0.717, 1.165) is 12.0 Å². The fourth-order valence-electron chi connectivity index (χ4n) is 4.22. The van der Waals surface area contributed by atoms with Crippen molar-refractivity contribution in [3.63, 3.8) is 0 Å². The van der Waals surface area contributed by atoms with Crippen LogP contribution in [-0.4, -0.2) is 31.0 Å². The summed E-state index contributed by atoms with van der Waals surface area (Å²) in [4.78, 5) is 28.1. The Balaban J connectivity index is 1.98. The van der Waals surface area contributed by atoms with Crippen molar-refractivity contribution in [2.45, 2.75) is 19.4 Å². The molecule has 6 nitrogen and oxygen atoms in total. The van der Waals surface area contributed by atoms with E-state index in [0.29, 0.717) is 17.0 Å². The molecule has 0 aliphatic carbocycles. The molecule has 0 saturated carbocycles. The Morgan fingerprint density at radius 3 is 2.17 bits per heavy atom. The number of anilines is 1. The van der Waals surface area contributed by atoms with Crippen LogP contribution in [0.3, 0.4) is 0 Å². The maximum Gasteiger partial charge on any atom is 0.300 e. The third-order valence-corrected chi connectivity index (χ3v) is 6.54. The number of hydrogen-bond donors (Lipinski definition) is 1. The zero-order chi connectivity index (χ0) is 25.3. The van der Waals surface area contributed by atoms with E-state index in [9.17, 15) is 14.7 Å². The molecule has 1 fully saturated rings. The summed E-state index contributed by atoms with van der Waals surface area (Å²) in [6.07, 6.45) is 0.827. The topological polar surface area (TPSA) is 76.1 Å². The van der Waals surface area contributed by atoms with E-state index in [2.05, 4.69) is 0 Å². The Morgan fingerprint density at radius 1 is 0.971 bits per heavy atom. The number of amides is 1. The number of aliphatic hydroxyl groups excluding tert-OH is 1. The summed E-state index contributed by atoms with van der Waals surface area (Å²) in [5.74, 6) is -1.30. The van der Waals surface area contributed by atoms with Crippen molar-refractivity contribution in [2.24, 2.45) is 0 Å². The summed E-state index contributed by atoms with van der Waals surface area (Å²) in [5, 5.41) is 11.6.